The molecule has 0 bridgehead atoms. The molecule has 6 nitrogen and oxygen atoms in total. The monoisotopic (exact) mass is 332 g/mol. The maximum absolute atomic E-state index is 12.9. The fourth-order valence-corrected chi connectivity index (χ4v) is 1.86. The maximum Gasteiger partial charge on any atom is 0.340 e. The van der Waals surface area contributed by atoms with Gasteiger partial charge in [-0.15, -0.1) is 0 Å². The normalized spacial score (nSPS) is 10.0. The molecule has 0 aliphatic heterocycles. The number of carbonyl (C=O) groups is 2. The van der Waals surface area contributed by atoms with Crippen molar-refractivity contribution in [2.24, 2.45) is 0 Å². The second-order valence-corrected chi connectivity index (χ2v) is 4.82. The van der Waals surface area contributed by atoms with Gasteiger partial charge in [0, 0.05) is 5.69 Å². The topological polar surface area (TPSA) is 90.7 Å². The highest BCUT2D eigenvalue weighted by Gasteiger charge is 2.13. The highest BCUT2D eigenvalue weighted by atomic mass is 19.1. The van der Waals surface area contributed by atoms with Crippen LogP contribution in [0.2, 0.25) is 0 Å². The van der Waals surface area contributed by atoms with Crippen LogP contribution in [0.25, 0.3) is 0 Å². The summed E-state index contributed by atoms with van der Waals surface area (Å²) >= 11 is 0. The van der Waals surface area contributed by atoms with Crippen LogP contribution in [0.5, 0.6) is 5.75 Å². The Morgan fingerprint density at radius 3 is 2.58 bits per heavy atom. The van der Waals surface area contributed by atoms with Crippen molar-refractivity contribution in [2.75, 3.05) is 25.5 Å². The van der Waals surface area contributed by atoms with Gasteiger partial charge in [-0.3, -0.25) is 4.79 Å². The summed E-state index contributed by atoms with van der Waals surface area (Å²) in [6, 6.07) is 12.5. The van der Waals surface area contributed by atoms with E-state index in [0.29, 0.717) is 5.75 Å². The van der Waals surface area contributed by atoms with Gasteiger partial charge in [-0.1, -0.05) is 18.2 Å². The number of carbonyl (C=O) groups excluding carboxylic acids is 2. The third kappa shape index (κ3) is 5.28. The molecular formula is C17H17FN2O4. The molecule has 0 fully saturated rings. The molecule has 0 atom stereocenters. The molecular weight excluding hydrogens is 315 g/mol. The smallest absolute Gasteiger partial charge is 0.340 e. The van der Waals surface area contributed by atoms with Gasteiger partial charge in [0.2, 0.25) is 0 Å². The van der Waals surface area contributed by atoms with Gasteiger partial charge in [-0.25, -0.2) is 9.18 Å². The lowest BCUT2D eigenvalue weighted by Crippen LogP contribution is -2.32. The van der Waals surface area contributed by atoms with E-state index >= 15 is 0 Å². The third-order valence-electron chi connectivity index (χ3n) is 3.00. The number of amides is 1. The molecule has 0 aromatic heterocycles. The van der Waals surface area contributed by atoms with Gasteiger partial charge in [-0.05, 0) is 30.3 Å². The Bertz CT molecular complexity index is 707. The number of benzene rings is 2. The van der Waals surface area contributed by atoms with Gasteiger partial charge in [-0.2, -0.15) is 0 Å². The Morgan fingerprint density at radius 1 is 1.12 bits per heavy atom. The molecule has 0 aliphatic rings. The van der Waals surface area contributed by atoms with Crippen LogP contribution in [0, 0.1) is 5.82 Å². The Labute approximate surface area is 138 Å². The van der Waals surface area contributed by atoms with Crippen molar-refractivity contribution in [1.82, 2.24) is 5.32 Å². The van der Waals surface area contributed by atoms with E-state index in [2.05, 4.69) is 5.32 Å². The van der Waals surface area contributed by atoms with Crippen LogP contribution in [-0.4, -0.2) is 31.6 Å². The van der Waals surface area contributed by atoms with E-state index in [0.717, 1.165) is 12.1 Å². The second kappa shape index (κ2) is 8.52. The van der Waals surface area contributed by atoms with E-state index in [1.54, 1.807) is 12.1 Å². The van der Waals surface area contributed by atoms with Gasteiger partial charge in [0.25, 0.3) is 5.91 Å². The molecule has 126 valence electrons. The predicted molar refractivity (Wildman–Crippen MR) is 86.0 cm³/mol. The summed E-state index contributed by atoms with van der Waals surface area (Å²) in [5.41, 5.74) is 5.49. The van der Waals surface area contributed by atoms with Crippen LogP contribution in [0.3, 0.4) is 0 Å². The fourth-order valence-electron chi connectivity index (χ4n) is 1.86. The standard InChI is InChI=1S/C17H17FN2O4/c18-12-6-7-14(15(19)10-12)17(22)24-11-16(21)20-8-9-23-13-4-2-1-3-5-13/h1-7,10H,8-9,11,19H2,(H,20,21). The lowest BCUT2D eigenvalue weighted by molar-refractivity contribution is -0.124. The molecule has 24 heavy (non-hydrogen) atoms. The van der Waals surface area contributed by atoms with Crippen molar-refractivity contribution < 1.29 is 23.5 Å². The number of anilines is 1. The Morgan fingerprint density at radius 2 is 1.88 bits per heavy atom. The lowest BCUT2D eigenvalue weighted by Gasteiger charge is -2.09. The fraction of sp³-hybridized carbons (Fsp3) is 0.176. The summed E-state index contributed by atoms with van der Waals surface area (Å²) in [7, 11) is 0. The van der Waals surface area contributed by atoms with Crippen molar-refractivity contribution in [1.29, 1.82) is 0 Å². The largest absolute Gasteiger partial charge is 0.492 e. The van der Waals surface area contributed by atoms with E-state index in [-0.39, 0.29) is 24.4 Å². The number of nitrogens with one attached hydrogen (secondary N) is 1. The molecule has 0 spiro atoms. The average molecular weight is 332 g/mol. The van der Waals surface area contributed by atoms with Crippen molar-refractivity contribution >= 4 is 17.6 Å². The predicted octanol–water partition coefficient (Wildman–Crippen LogP) is 1.76. The summed E-state index contributed by atoms with van der Waals surface area (Å²) in [6.07, 6.45) is 0. The van der Waals surface area contributed by atoms with Crippen LogP contribution < -0.4 is 15.8 Å². The second-order valence-electron chi connectivity index (χ2n) is 4.82. The van der Waals surface area contributed by atoms with E-state index in [1.165, 1.54) is 6.07 Å². The first-order chi connectivity index (χ1) is 11.6. The van der Waals surface area contributed by atoms with E-state index in [4.69, 9.17) is 15.2 Å². The van der Waals surface area contributed by atoms with Crippen molar-refractivity contribution in [3.8, 4) is 5.75 Å². The summed E-state index contributed by atoms with van der Waals surface area (Å²) in [4.78, 5) is 23.4. The average Bonchev–Trinajstić information content (AvgIpc) is 2.57. The van der Waals surface area contributed by atoms with Gasteiger partial charge >= 0.3 is 5.97 Å². The van der Waals surface area contributed by atoms with Crippen molar-refractivity contribution in [3.05, 3.63) is 59.9 Å². The number of nitrogens with two attached hydrogens (primary N) is 1. The molecule has 3 N–H and O–H groups in total. The molecule has 0 radical (unpaired) electrons. The van der Waals surface area contributed by atoms with Crippen LogP contribution in [0.1, 0.15) is 10.4 Å². The highest BCUT2D eigenvalue weighted by Crippen LogP contribution is 2.14. The van der Waals surface area contributed by atoms with Crippen molar-refractivity contribution in [3.63, 3.8) is 0 Å². The first kappa shape index (κ1) is 17.3. The quantitative estimate of drug-likeness (QED) is 0.458. The number of para-hydroxylation sites is 1. The number of rotatable bonds is 7. The molecule has 7 heteroatoms. The molecule has 2 aromatic rings. The molecule has 0 saturated heterocycles. The summed E-state index contributed by atoms with van der Waals surface area (Å²) in [5.74, 6) is -1.12. The zero-order chi connectivity index (χ0) is 17.4. The van der Waals surface area contributed by atoms with Crippen molar-refractivity contribution in [2.45, 2.75) is 0 Å². The molecule has 2 rings (SSSR count). The van der Waals surface area contributed by atoms with E-state index in [1.807, 2.05) is 18.2 Å². The number of hydrogen-bond acceptors (Lipinski definition) is 5. The van der Waals surface area contributed by atoms with Gasteiger partial charge in [0.15, 0.2) is 6.61 Å². The minimum atomic E-state index is -0.789. The zero-order valence-corrected chi connectivity index (χ0v) is 12.8. The Hall–Kier alpha value is -3.09. The minimum absolute atomic E-state index is 0.0108. The van der Waals surface area contributed by atoms with Crippen LogP contribution >= 0.6 is 0 Å². The Kier molecular flexibility index (Phi) is 6.13. The summed E-state index contributed by atoms with van der Waals surface area (Å²) in [5, 5.41) is 2.55. The van der Waals surface area contributed by atoms with E-state index < -0.39 is 24.3 Å². The maximum atomic E-state index is 12.9. The van der Waals surface area contributed by atoms with Crippen LogP contribution in [0.15, 0.2) is 48.5 Å². The lowest BCUT2D eigenvalue weighted by atomic mass is 10.2. The first-order valence-corrected chi connectivity index (χ1v) is 7.23. The number of esters is 1. The van der Waals surface area contributed by atoms with Gasteiger partial charge in [0.1, 0.15) is 18.2 Å². The molecule has 1 amide bonds. The number of nitrogen functional groups attached to an aromatic ring is 1. The number of hydrogen-bond donors (Lipinski definition) is 2. The Balaban J connectivity index is 1.68. The molecule has 0 heterocycles. The number of halogens is 1. The SMILES string of the molecule is Nc1cc(F)ccc1C(=O)OCC(=O)NCCOc1ccccc1. The minimum Gasteiger partial charge on any atom is -0.492 e. The molecule has 0 aliphatic carbocycles. The summed E-state index contributed by atoms with van der Waals surface area (Å²) in [6.45, 7) is 0.0968. The molecule has 2 aromatic carbocycles. The third-order valence-corrected chi connectivity index (χ3v) is 3.00. The highest BCUT2D eigenvalue weighted by molar-refractivity contribution is 5.96. The van der Waals surface area contributed by atoms with Crippen LogP contribution in [-0.2, 0) is 9.53 Å². The van der Waals surface area contributed by atoms with Gasteiger partial charge in [0.05, 0.1) is 12.1 Å². The molecule has 0 saturated carbocycles. The first-order valence-electron chi connectivity index (χ1n) is 7.23. The molecule has 0 unspecified atom stereocenters. The van der Waals surface area contributed by atoms with Gasteiger partial charge < -0.3 is 20.5 Å². The zero-order valence-electron chi connectivity index (χ0n) is 12.8. The summed E-state index contributed by atoms with van der Waals surface area (Å²) < 4.78 is 23.1. The van der Waals surface area contributed by atoms with Crippen LogP contribution in [0.4, 0.5) is 10.1 Å². The number of ether oxygens (including phenoxy) is 2. The van der Waals surface area contributed by atoms with E-state index in [9.17, 15) is 14.0 Å².